The van der Waals surface area contributed by atoms with Gasteiger partial charge in [-0.1, -0.05) is 18.2 Å². The van der Waals surface area contributed by atoms with Crippen LogP contribution in [0.15, 0.2) is 44.6 Å². The largest absolute Gasteiger partial charge is 0.461 e. The Morgan fingerprint density at radius 3 is 2.78 bits per heavy atom. The van der Waals surface area contributed by atoms with Crippen LogP contribution in [0.5, 0.6) is 0 Å². The van der Waals surface area contributed by atoms with Crippen molar-refractivity contribution < 1.29 is 9.52 Å². The van der Waals surface area contributed by atoms with Crippen LogP contribution in [0.4, 0.5) is 0 Å². The summed E-state index contributed by atoms with van der Waals surface area (Å²) in [5.74, 6) is 0.768. The van der Waals surface area contributed by atoms with Crippen molar-refractivity contribution in [1.29, 1.82) is 0 Å². The number of hydrogen-bond donors (Lipinski definition) is 1. The highest BCUT2D eigenvalue weighted by Gasteiger charge is 2.22. The highest BCUT2D eigenvalue weighted by molar-refractivity contribution is 9.10. The maximum Gasteiger partial charge on any atom is 0.134 e. The molecule has 1 unspecified atom stereocenters. The molecule has 1 atom stereocenters. The summed E-state index contributed by atoms with van der Waals surface area (Å²) in [5.41, 5.74) is 1.67. The van der Waals surface area contributed by atoms with Gasteiger partial charge in [0.2, 0.25) is 0 Å². The van der Waals surface area contributed by atoms with E-state index in [2.05, 4.69) is 15.9 Å². The van der Waals surface area contributed by atoms with Gasteiger partial charge in [0, 0.05) is 15.4 Å². The Labute approximate surface area is 117 Å². The third kappa shape index (κ3) is 1.81. The molecule has 0 saturated heterocycles. The zero-order valence-corrected chi connectivity index (χ0v) is 12.1. The Kier molecular flexibility index (Phi) is 3.01. The molecule has 1 N–H and O–H groups in total. The minimum Gasteiger partial charge on any atom is -0.461 e. The summed E-state index contributed by atoms with van der Waals surface area (Å²) in [6.45, 7) is 1.89. The Bertz CT molecular complexity index is 699. The van der Waals surface area contributed by atoms with Gasteiger partial charge in [-0.25, -0.2) is 0 Å². The zero-order chi connectivity index (χ0) is 12.7. The number of aliphatic hydroxyl groups is 1. The van der Waals surface area contributed by atoms with Crippen molar-refractivity contribution in [3.63, 3.8) is 0 Å². The first-order valence-corrected chi connectivity index (χ1v) is 7.24. The molecule has 0 amide bonds. The van der Waals surface area contributed by atoms with Gasteiger partial charge in [0.15, 0.2) is 0 Å². The highest BCUT2D eigenvalue weighted by Crippen LogP contribution is 2.38. The van der Waals surface area contributed by atoms with Crippen molar-refractivity contribution in [3.05, 3.63) is 56.4 Å². The fourth-order valence-corrected chi connectivity index (χ4v) is 3.74. The number of thiophene rings is 1. The van der Waals surface area contributed by atoms with Crippen molar-refractivity contribution in [2.24, 2.45) is 0 Å². The molecule has 0 aliphatic carbocycles. The monoisotopic (exact) mass is 322 g/mol. The summed E-state index contributed by atoms with van der Waals surface area (Å²) in [4.78, 5) is 0.907. The number of halogens is 1. The molecule has 3 rings (SSSR count). The number of fused-ring (bicyclic) bond motifs is 1. The molecule has 0 bridgehead atoms. The third-order valence-corrected chi connectivity index (χ3v) is 4.91. The van der Waals surface area contributed by atoms with E-state index in [9.17, 15) is 5.11 Å². The number of rotatable bonds is 2. The van der Waals surface area contributed by atoms with Gasteiger partial charge >= 0.3 is 0 Å². The molecule has 2 nitrogen and oxygen atoms in total. The number of para-hydroxylation sites is 1. The van der Waals surface area contributed by atoms with Crippen LogP contribution in [0.2, 0.25) is 0 Å². The summed E-state index contributed by atoms with van der Waals surface area (Å²) in [6.07, 6.45) is -0.650. The van der Waals surface area contributed by atoms with E-state index in [4.69, 9.17) is 4.42 Å². The molecular formula is C14H11BrO2S. The van der Waals surface area contributed by atoms with Crippen molar-refractivity contribution in [2.75, 3.05) is 0 Å². The minimum atomic E-state index is -0.650. The zero-order valence-electron chi connectivity index (χ0n) is 9.68. The van der Waals surface area contributed by atoms with Crippen molar-refractivity contribution in [2.45, 2.75) is 13.0 Å². The summed E-state index contributed by atoms with van der Waals surface area (Å²) in [7, 11) is 0. The fraction of sp³-hybridized carbons (Fsp3) is 0.143. The average Bonchev–Trinajstić information content (AvgIpc) is 2.91. The number of furan rings is 1. The topological polar surface area (TPSA) is 33.4 Å². The molecule has 0 saturated carbocycles. The van der Waals surface area contributed by atoms with Crippen molar-refractivity contribution in [1.82, 2.24) is 0 Å². The highest BCUT2D eigenvalue weighted by atomic mass is 79.9. The lowest BCUT2D eigenvalue weighted by Crippen LogP contribution is -1.98. The van der Waals surface area contributed by atoms with Gasteiger partial charge in [0.1, 0.15) is 17.4 Å². The lowest BCUT2D eigenvalue weighted by Gasteiger charge is -2.09. The van der Waals surface area contributed by atoms with Crippen LogP contribution in [-0.4, -0.2) is 5.11 Å². The van der Waals surface area contributed by atoms with Gasteiger partial charge in [0.05, 0.1) is 4.88 Å². The Morgan fingerprint density at radius 1 is 1.28 bits per heavy atom. The summed E-state index contributed by atoms with van der Waals surface area (Å²) in [5, 5.41) is 13.5. The van der Waals surface area contributed by atoms with Crippen LogP contribution in [0.25, 0.3) is 11.0 Å². The van der Waals surface area contributed by atoms with Gasteiger partial charge < -0.3 is 9.52 Å². The molecule has 2 aromatic heterocycles. The fourth-order valence-electron chi connectivity index (χ4n) is 2.16. The maximum atomic E-state index is 10.5. The second kappa shape index (κ2) is 4.53. The van der Waals surface area contributed by atoms with E-state index >= 15 is 0 Å². The normalized spacial score (nSPS) is 13.1. The SMILES string of the molecule is Cc1oc2ccccc2c1C(O)c1sccc1Br. The molecule has 1 aromatic carbocycles. The van der Waals surface area contributed by atoms with Crippen LogP contribution in [0.1, 0.15) is 22.3 Å². The molecule has 0 spiro atoms. The van der Waals surface area contributed by atoms with Gasteiger partial charge in [-0.3, -0.25) is 0 Å². The number of benzene rings is 1. The lowest BCUT2D eigenvalue weighted by atomic mass is 10.0. The van der Waals surface area contributed by atoms with Crippen LogP contribution in [0, 0.1) is 6.92 Å². The first-order chi connectivity index (χ1) is 8.68. The molecule has 3 aromatic rings. The molecule has 0 radical (unpaired) electrons. The molecular weight excluding hydrogens is 312 g/mol. The molecule has 18 heavy (non-hydrogen) atoms. The standard InChI is InChI=1S/C14H11BrO2S/c1-8-12(9-4-2-3-5-11(9)17-8)13(16)14-10(15)6-7-18-14/h2-7,13,16H,1H3. The van der Waals surface area contributed by atoms with Crippen LogP contribution < -0.4 is 0 Å². The van der Waals surface area contributed by atoms with E-state index < -0.39 is 6.10 Å². The molecule has 2 heterocycles. The summed E-state index contributed by atoms with van der Waals surface area (Å²) >= 11 is 5.00. The number of hydrogen-bond acceptors (Lipinski definition) is 3. The maximum absolute atomic E-state index is 10.5. The van der Waals surface area contributed by atoms with Crippen molar-refractivity contribution >= 4 is 38.2 Å². The van der Waals surface area contributed by atoms with Crippen LogP contribution in [0.3, 0.4) is 0 Å². The summed E-state index contributed by atoms with van der Waals surface area (Å²) in [6, 6.07) is 9.73. The second-order valence-electron chi connectivity index (χ2n) is 4.10. The van der Waals surface area contributed by atoms with E-state index in [-0.39, 0.29) is 0 Å². The molecule has 0 aliphatic heterocycles. The predicted octanol–water partition coefficient (Wildman–Crippen LogP) is 4.65. The Balaban J connectivity index is 2.20. The van der Waals surface area contributed by atoms with E-state index in [1.807, 2.05) is 42.6 Å². The molecule has 4 heteroatoms. The molecule has 0 fully saturated rings. The number of aryl methyl sites for hydroxylation is 1. The Hall–Kier alpha value is -1.10. The van der Waals surface area contributed by atoms with Gasteiger partial charge in [-0.15, -0.1) is 11.3 Å². The van der Waals surface area contributed by atoms with Crippen LogP contribution in [-0.2, 0) is 0 Å². The minimum absolute atomic E-state index is 0.650. The summed E-state index contributed by atoms with van der Waals surface area (Å²) < 4.78 is 6.62. The van der Waals surface area contributed by atoms with E-state index in [0.29, 0.717) is 0 Å². The smallest absolute Gasteiger partial charge is 0.134 e. The second-order valence-corrected chi connectivity index (χ2v) is 5.91. The van der Waals surface area contributed by atoms with Gasteiger partial charge in [0.25, 0.3) is 0 Å². The quantitative estimate of drug-likeness (QED) is 0.745. The molecule has 0 aliphatic rings. The lowest BCUT2D eigenvalue weighted by molar-refractivity contribution is 0.222. The first-order valence-electron chi connectivity index (χ1n) is 5.57. The van der Waals surface area contributed by atoms with E-state index in [1.54, 1.807) is 0 Å². The first kappa shape index (κ1) is 12.0. The van der Waals surface area contributed by atoms with Crippen molar-refractivity contribution in [3.8, 4) is 0 Å². The predicted molar refractivity (Wildman–Crippen MR) is 77.0 cm³/mol. The van der Waals surface area contributed by atoms with Gasteiger partial charge in [-0.2, -0.15) is 0 Å². The molecule has 92 valence electrons. The van der Waals surface area contributed by atoms with Gasteiger partial charge in [-0.05, 0) is 40.4 Å². The van der Waals surface area contributed by atoms with E-state index in [1.165, 1.54) is 11.3 Å². The van der Waals surface area contributed by atoms with Crippen LogP contribution >= 0.6 is 27.3 Å². The third-order valence-electron chi connectivity index (χ3n) is 2.99. The average molecular weight is 323 g/mol. The van der Waals surface area contributed by atoms with E-state index in [0.717, 1.165) is 31.6 Å². The number of aliphatic hydroxyl groups excluding tert-OH is 1. The Morgan fingerprint density at radius 2 is 2.06 bits per heavy atom.